The second-order valence-electron chi connectivity index (χ2n) is 4.83. The molecule has 0 saturated carbocycles. The van der Waals surface area contributed by atoms with E-state index in [0.717, 1.165) is 18.8 Å². The molecule has 4 heteroatoms. The second kappa shape index (κ2) is 6.68. The van der Waals surface area contributed by atoms with Crippen LogP contribution in [0.1, 0.15) is 24.3 Å². The molecular weight excluding hydrogens is 254 g/mol. The molecule has 0 radical (unpaired) electrons. The monoisotopic (exact) mass is 275 g/mol. The lowest BCUT2D eigenvalue weighted by Crippen LogP contribution is -2.31. The van der Waals surface area contributed by atoms with Gasteiger partial charge in [-0.3, -0.25) is 0 Å². The maximum absolute atomic E-state index is 5.70. The van der Waals surface area contributed by atoms with Gasteiger partial charge in [-0.2, -0.15) is 0 Å². The van der Waals surface area contributed by atoms with Gasteiger partial charge in [0.1, 0.15) is 5.82 Å². The maximum atomic E-state index is 5.70. The molecule has 0 atom stereocenters. The molecule has 0 aromatic carbocycles. The number of pyridine rings is 1. The first-order valence-electron chi connectivity index (χ1n) is 6.65. The number of nitrogens with two attached hydrogens (primary N) is 1. The highest BCUT2D eigenvalue weighted by Crippen LogP contribution is 2.23. The normalized spacial score (nSPS) is 10.9. The summed E-state index contributed by atoms with van der Waals surface area (Å²) in [6.07, 6.45) is 2.73. The number of thiophene rings is 1. The van der Waals surface area contributed by atoms with E-state index < -0.39 is 0 Å². The van der Waals surface area contributed by atoms with Crippen molar-refractivity contribution in [2.24, 2.45) is 5.73 Å². The number of hydrogen-bond acceptors (Lipinski definition) is 4. The van der Waals surface area contributed by atoms with E-state index in [0.29, 0.717) is 12.6 Å². The van der Waals surface area contributed by atoms with E-state index in [1.807, 2.05) is 12.3 Å². The molecule has 2 N–H and O–H groups in total. The van der Waals surface area contributed by atoms with Crippen molar-refractivity contribution in [3.8, 4) is 0 Å². The second-order valence-corrected chi connectivity index (χ2v) is 5.86. The number of rotatable bonds is 6. The Morgan fingerprint density at radius 3 is 2.79 bits per heavy atom. The van der Waals surface area contributed by atoms with E-state index >= 15 is 0 Å². The number of nitrogens with zero attached hydrogens (tertiary/aromatic N) is 2. The highest BCUT2D eigenvalue weighted by atomic mass is 32.1. The Morgan fingerprint density at radius 2 is 2.16 bits per heavy atom. The molecule has 2 rings (SSSR count). The summed E-state index contributed by atoms with van der Waals surface area (Å²) in [6, 6.07) is 8.79. The summed E-state index contributed by atoms with van der Waals surface area (Å²) >= 11 is 1.79. The van der Waals surface area contributed by atoms with Crippen LogP contribution < -0.4 is 10.6 Å². The third-order valence-electron chi connectivity index (χ3n) is 3.08. The molecule has 0 aliphatic rings. The van der Waals surface area contributed by atoms with Crippen molar-refractivity contribution >= 4 is 17.2 Å². The van der Waals surface area contributed by atoms with Crippen LogP contribution in [0, 0.1) is 0 Å². The molecule has 102 valence electrons. The van der Waals surface area contributed by atoms with Gasteiger partial charge in [0.25, 0.3) is 0 Å². The van der Waals surface area contributed by atoms with Crippen LogP contribution in [0.15, 0.2) is 35.8 Å². The van der Waals surface area contributed by atoms with Crippen LogP contribution in [0.2, 0.25) is 0 Å². The number of anilines is 1. The quantitative estimate of drug-likeness (QED) is 0.881. The Balaban J connectivity index is 2.28. The average Bonchev–Trinajstić information content (AvgIpc) is 2.90. The Labute approximate surface area is 119 Å². The lowest BCUT2D eigenvalue weighted by Gasteiger charge is -2.29. The van der Waals surface area contributed by atoms with Gasteiger partial charge in [0.2, 0.25) is 0 Å². The molecule has 0 saturated heterocycles. The fourth-order valence-corrected chi connectivity index (χ4v) is 2.81. The smallest absolute Gasteiger partial charge is 0.132 e. The molecule has 0 fully saturated rings. The van der Waals surface area contributed by atoms with Gasteiger partial charge < -0.3 is 10.6 Å². The highest BCUT2D eigenvalue weighted by molar-refractivity contribution is 7.09. The first kappa shape index (κ1) is 14.0. The summed E-state index contributed by atoms with van der Waals surface area (Å²) < 4.78 is 0. The van der Waals surface area contributed by atoms with Crippen molar-refractivity contribution in [1.82, 2.24) is 4.98 Å². The van der Waals surface area contributed by atoms with Crippen molar-refractivity contribution in [3.05, 3.63) is 46.3 Å². The van der Waals surface area contributed by atoms with Gasteiger partial charge >= 0.3 is 0 Å². The van der Waals surface area contributed by atoms with E-state index in [-0.39, 0.29) is 0 Å². The minimum absolute atomic E-state index is 0.411. The van der Waals surface area contributed by atoms with Crippen molar-refractivity contribution in [2.45, 2.75) is 32.9 Å². The Kier molecular flexibility index (Phi) is 4.93. The zero-order chi connectivity index (χ0) is 13.7. The third-order valence-corrected chi connectivity index (χ3v) is 3.94. The van der Waals surface area contributed by atoms with Crippen LogP contribution in [0.25, 0.3) is 0 Å². The molecule has 0 bridgehead atoms. The average molecular weight is 275 g/mol. The molecule has 19 heavy (non-hydrogen) atoms. The Morgan fingerprint density at radius 1 is 1.32 bits per heavy atom. The van der Waals surface area contributed by atoms with Gasteiger partial charge in [0.15, 0.2) is 0 Å². The highest BCUT2D eigenvalue weighted by Gasteiger charge is 2.16. The lowest BCUT2D eigenvalue weighted by molar-refractivity contribution is 0.671. The molecular formula is C15H21N3S. The standard InChI is InChI=1S/C15H21N3S/c1-12(2)18(11-14-6-4-10-19-14)15-13(7-8-16)5-3-9-17-15/h3-6,9-10,12H,7-8,11,16H2,1-2H3. The van der Waals surface area contributed by atoms with Crippen molar-refractivity contribution in [2.75, 3.05) is 11.4 Å². The van der Waals surface area contributed by atoms with E-state index in [9.17, 15) is 0 Å². The molecule has 2 aromatic heterocycles. The zero-order valence-corrected chi connectivity index (χ0v) is 12.4. The van der Waals surface area contributed by atoms with Gasteiger partial charge in [-0.15, -0.1) is 11.3 Å². The molecule has 0 aliphatic carbocycles. The van der Waals surface area contributed by atoms with E-state index in [4.69, 9.17) is 5.73 Å². The number of hydrogen-bond donors (Lipinski definition) is 1. The fourth-order valence-electron chi connectivity index (χ4n) is 2.11. The van der Waals surface area contributed by atoms with Crippen LogP contribution in [0.4, 0.5) is 5.82 Å². The van der Waals surface area contributed by atoms with Crippen LogP contribution in [0.3, 0.4) is 0 Å². The number of aromatic nitrogens is 1. The molecule has 0 aliphatic heterocycles. The summed E-state index contributed by atoms with van der Waals surface area (Å²) in [4.78, 5) is 8.28. The lowest BCUT2D eigenvalue weighted by atomic mass is 10.1. The zero-order valence-electron chi connectivity index (χ0n) is 11.5. The molecule has 0 unspecified atom stereocenters. The maximum Gasteiger partial charge on any atom is 0.132 e. The fraction of sp³-hybridized carbons (Fsp3) is 0.400. The largest absolute Gasteiger partial charge is 0.349 e. The van der Waals surface area contributed by atoms with Crippen molar-refractivity contribution < 1.29 is 0 Å². The van der Waals surface area contributed by atoms with Crippen LogP contribution in [-0.4, -0.2) is 17.6 Å². The third kappa shape index (κ3) is 3.55. The Hall–Kier alpha value is -1.39. The van der Waals surface area contributed by atoms with Crippen LogP contribution in [-0.2, 0) is 13.0 Å². The SMILES string of the molecule is CC(C)N(Cc1cccs1)c1ncccc1CCN. The van der Waals surface area contributed by atoms with Gasteiger partial charge in [0, 0.05) is 17.1 Å². The topological polar surface area (TPSA) is 42.2 Å². The van der Waals surface area contributed by atoms with Crippen molar-refractivity contribution in [3.63, 3.8) is 0 Å². The van der Waals surface area contributed by atoms with Gasteiger partial charge in [-0.1, -0.05) is 12.1 Å². The first-order valence-corrected chi connectivity index (χ1v) is 7.53. The summed E-state index contributed by atoms with van der Waals surface area (Å²) in [7, 11) is 0. The summed E-state index contributed by atoms with van der Waals surface area (Å²) in [5.41, 5.74) is 6.93. The first-order chi connectivity index (χ1) is 9.22. The summed E-state index contributed by atoms with van der Waals surface area (Å²) in [6.45, 7) is 5.97. The molecule has 0 amide bonds. The summed E-state index contributed by atoms with van der Waals surface area (Å²) in [5, 5.41) is 2.12. The minimum atomic E-state index is 0.411. The van der Waals surface area contributed by atoms with Crippen LogP contribution >= 0.6 is 11.3 Å². The molecule has 0 spiro atoms. The molecule has 2 heterocycles. The van der Waals surface area contributed by atoms with Crippen molar-refractivity contribution in [1.29, 1.82) is 0 Å². The van der Waals surface area contributed by atoms with Crippen LogP contribution in [0.5, 0.6) is 0 Å². The Bertz CT molecular complexity index is 494. The molecule has 3 nitrogen and oxygen atoms in total. The predicted molar refractivity (Wildman–Crippen MR) is 82.6 cm³/mol. The van der Waals surface area contributed by atoms with E-state index in [1.165, 1.54) is 10.4 Å². The van der Waals surface area contributed by atoms with E-state index in [2.05, 4.69) is 47.3 Å². The predicted octanol–water partition coefficient (Wildman–Crippen LogP) is 3.06. The van der Waals surface area contributed by atoms with Gasteiger partial charge in [-0.25, -0.2) is 4.98 Å². The molecule has 2 aromatic rings. The van der Waals surface area contributed by atoms with Gasteiger partial charge in [-0.05, 0) is 49.9 Å². The van der Waals surface area contributed by atoms with Gasteiger partial charge in [0.05, 0.1) is 6.54 Å². The summed E-state index contributed by atoms with van der Waals surface area (Å²) in [5.74, 6) is 1.07. The van der Waals surface area contributed by atoms with E-state index in [1.54, 1.807) is 11.3 Å². The minimum Gasteiger partial charge on any atom is -0.349 e.